The molecule has 114 valence electrons. The zero-order valence-electron chi connectivity index (χ0n) is 13.4. The smallest absolute Gasteiger partial charge is 0.164 e. The van der Waals surface area contributed by atoms with E-state index in [1.165, 1.54) is 49.9 Å². The molecule has 21 heavy (non-hydrogen) atoms. The molecule has 2 fully saturated rings. The van der Waals surface area contributed by atoms with Crippen molar-refractivity contribution in [2.24, 2.45) is 11.8 Å². The predicted molar refractivity (Wildman–Crippen MR) is 86.8 cm³/mol. The molecule has 2 saturated carbocycles. The van der Waals surface area contributed by atoms with Gasteiger partial charge in [-0.15, -0.1) is 0 Å². The molecule has 2 aliphatic rings. The van der Waals surface area contributed by atoms with Gasteiger partial charge in [-0.05, 0) is 63.5 Å². The van der Waals surface area contributed by atoms with Gasteiger partial charge in [-0.25, -0.2) is 0 Å². The average molecular weight is 285 g/mol. The van der Waals surface area contributed by atoms with Crippen LogP contribution in [0.1, 0.15) is 53.6 Å². The Labute approximate surface area is 128 Å². The Morgan fingerprint density at radius 1 is 1.00 bits per heavy atom. The Kier molecular flexibility index (Phi) is 4.44. The van der Waals surface area contributed by atoms with Crippen LogP contribution in [0.25, 0.3) is 0 Å². The number of hydrogen-bond acceptors (Lipinski definition) is 2. The molecule has 2 aliphatic carbocycles. The minimum Gasteiger partial charge on any atom is -0.302 e. The highest BCUT2D eigenvalue weighted by Gasteiger charge is 2.29. The van der Waals surface area contributed by atoms with E-state index in [1.807, 2.05) is 12.1 Å². The second-order valence-electron chi connectivity index (χ2n) is 7.20. The first-order valence-corrected chi connectivity index (χ1v) is 8.44. The van der Waals surface area contributed by atoms with Gasteiger partial charge >= 0.3 is 0 Å². The summed E-state index contributed by atoms with van der Waals surface area (Å²) in [5, 5.41) is 0. The SMILES string of the molecule is Cc1cc(C)cc(C(=O)CCN(CC2CC2)CC2CC2)c1. The van der Waals surface area contributed by atoms with E-state index in [-0.39, 0.29) is 0 Å². The van der Waals surface area contributed by atoms with Crippen LogP contribution in [0, 0.1) is 25.7 Å². The zero-order valence-corrected chi connectivity index (χ0v) is 13.4. The van der Waals surface area contributed by atoms with E-state index in [0.29, 0.717) is 12.2 Å². The third-order valence-electron chi connectivity index (χ3n) is 4.63. The average Bonchev–Trinajstić information content (AvgIpc) is 3.30. The van der Waals surface area contributed by atoms with Crippen molar-refractivity contribution in [3.63, 3.8) is 0 Å². The van der Waals surface area contributed by atoms with Gasteiger partial charge in [-0.2, -0.15) is 0 Å². The molecule has 0 unspecified atom stereocenters. The van der Waals surface area contributed by atoms with Crippen molar-refractivity contribution in [3.05, 3.63) is 34.9 Å². The molecule has 2 nitrogen and oxygen atoms in total. The molecule has 0 atom stereocenters. The number of hydrogen-bond donors (Lipinski definition) is 0. The number of ketones is 1. The maximum absolute atomic E-state index is 12.4. The summed E-state index contributed by atoms with van der Waals surface area (Å²) in [6.45, 7) is 7.51. The fourth-order valence-electron chi connectivity index (χ4n) is 3.13. The highest BCUT2D eigenvalue weighted by molar-refractivity contribution is 5.96. The van der Waals surface area contributed by atoms with Crippen molar-refractivity contribution < 1.29 is 4.79 Å². The van der Waals surface area contributed by atoms with Crippen LogP contribution in [0.5, 0.6) is 0 Å². The van der Waals surface area contributed by atoms with Crippen LogP contribution in [-0.2, 0) is 0 Å². The van der Waals surface area contributed by atoms with Crippen LogP contribution < -0.4 is 0 Å². The molecule has 0 spiro atoms. The van der Waals surface area contributed by atoms with Crippen LogP contribution in [-0.4, -0.2) is 30.3 Å². The maximum atomic E-state index is 12.4. The van der Waals surface area contributed by atoms with Crippen molar-refractivity contribution in [2.75, 3.05) is 19.6 Å². The lowest BCUT2D eigenvalue weighted by Gasteiger charge is -2.21. The van der Waals surface area contributed by atoms with E-state index in [2.05, 4.69) is 24.8 Å². The van der Waals surface area contributed by atoms with Gasteiger partial charge in [-0.1, -0.05) is 17.2 Å². The van der Waals surface area contributed by atoms with Gasteiger partial charge in [0.25, 0.3) is 0 Å². The quantitative estimate of drug-likeness (QED) is 0.673. The first kappa shape index (κ1) is 14.8. The Morgan fingerprint density at radius 2 is 1.52 bits per heavy atom. The van der Waals surface area contributed by atoms with Crippen LogP contribution in [0.15, 0.2) is 18.2 Å². The molecule has 0 amide bonds. The van der Waals surface area contributed by atoms with Crippen LogP contribution >= 0.6 is 0 Å². The largest absolute Gasteiger partial charge is 0.302 e. The fourth-order valence-corrected chi connectivity index (χ4v) is 3.13. The highest BCUT2D eigenvalue weighted by Crippen LogP contribution is 2.33. The first-order chi connectivity index (χ1) is 10.1. The molecular weight excluding hydrogens is 258 g/mol. The maximum Gasteiger partial charge on any atom is 0.164 e. The molecule has 0 aliphatic heterocycles. The molecule has 1 aromatic carbocycles. The summed E-state index contributed by atoms with van der Waals surface area (Å²) >= 11 is 0. The van der Waals surface area contributed by atoms with Gasteiger partial charge in [0, 0.05) is 31.6 Å². The Hall–Kier alpha value is -1.15. The van der Waals surface area contributed by atoms with Crippen LogP contribution in [0.4, 0.5) is 0 Å². The van der Waals surface area contributed by atoms with E-state index < -0.39 is 0 Å². The normalized spacial score (nSPS) is 18.2. The van der Waals surface area contributed by atoms with E-state index in [9.17, 15) is 4.79 Å². The van der Waals surface area contributed by atoms with Crippen LogP contribution in [0.3, 0.4) is 0 Å². The molecule has 2 heteroatoms. The molecule has 0 radical (unpaired) electrons. The third kappa shape index (κ3) is 4.67. The fraction of sp³-hybridized carbons (Fsp3) is 0.632. The minimum atomic E-state index is 0.304. The second kappa shape index (κ2) is 6.31. The van der Waals surface area contributed by atoms with E-state index in [0.717, 1.165) is 23.9 Å². The number of Topliss-reactive ketones (excluding diaryl/α,β-unsaturated/α-hetero) is 1. The van der Waals surface area contributed by atoms with Gasteiger partial charge in [-0.3, -0.25) is 4.79 Å². The lowest BCUT2D eigenvalue weighted by molar-refractivity contribution is 0.0961. The van der Waals surface area contributed by atoms with E-state index in [1.54, 1.807) is 0 Å². The summed E-state index contributed by atoms with van der Waals surface area (Å²) in [7, 11) is 0. The Morgan fingerprint density at radius 3 is 2.00 bits per heavy atom. The van der Waals surface area contributed by atoms with Crippen molar-refractivity contribution >= 4 is 5.78 Å². The first-order valence-electron chi connectivity index (χ1n) is 8.44. The lowest BCUT2D eigenvalue weighted by atomic mass is 10.0. The van der Waals surface area contributed by atoms with Gasteiger partial charge < -0.3 is 4.90 Å². The number of carbonyl (C=O) groups excluding carboxylic acids is 1. The van der Waals surface area contributed by atoms with Gasteiger partial charge in [0.1, 0.15) is 0 Å². The molecule has 0 bridgehead atoms. The monoisotopic (exact) mass is 285 g/mol. The Bertz CT molecular complexity index is 480. The number of aryl methyl sites for hydroxylation is 2. The summed E-state index contributed by atoms with van der Waals surface area (Å²) in [5.74, 6) is 2.14. The molecule has 0 heterocycles. The van der Waals surface area contributed by atoms with Crippen molar-refractivity contribution in [1.29, 1.82) is 0 Å². The van der Waals surface area contributed by atoms with E-state index >= 15 is 0 Å². The molecule has 0 aromatic heterocycles. The summed E-state index contributed by atoms with van der Waals surface area (Å²) in [4.78, 5) is 15.0. The molecule has 0 N–H and O–H groups in total. The van der Waals surface area contributed by atoms with Gasteiger partial charge in [0.15, 0.2) is 5.78 Å². The number of carbonyl (C=O) groups is 1. The number of rotatable bonds is 8. The van der Waals surface area contributed by atoms with Crippen molar-refractivity contribution in [3.8, 4) is 0 Å². The minimum absolute atomic E-state index is 0.304. The highest BCUT2D eigenvalue weighted by atomic mass is 16.1. The van der Waals surface area contributed by atoms with Gasteiger partial charge in [0.05, 0.1) is 0 Å². The summed E-state index contributed by atoms with van der Waals surface area (Å²) in [6.07, 6.45) is 6.25. The van der Waals surface area contributed by atoms with Crippen LogP contribution in [0.2, 0.25) is 0 Å². The molecule has 3 rings (SSSR count). The molecule has 0 saturated heterocycles. The molecule has 1 aromatic rings. The number of nitrogens with zero attached hydrogens (tertiary/aromatic N) is 1. The summed E-state index contributed by atoms with van der Waals surface area (Å²) in [6, 6.07) is 6.19. The van der Waals surface area contributed by atoms with Gasteiger partial charge in [0.2, 0.25) is 0 Å². The zero-order chi connectivity index (χ0) is 14.8. The summed E-state index contributed by atoms with van der Waals surface area (Å²) in [5.41, 5.74) is 3.27. The van der Waals surface area contributed by atoms with Crippen molar-refractivity contribution in [2.45, 2.75) is 46.0 Å². The molecular formula is C19H27NO. The predicted octanol–water partition coefficient (Wildman–Crippen LogP) is 4.00. The third-order valence-corrected chi connectivity index (χ3v) is 4.63. The standard InChI is InChI=1S/C19H27NO/c1-14-9-15(2)11-18(10-14)19(21)7-8-20(12-16-3-4-16)13-17-5-6-17/h9-11,16-17H,3-8,12-13H2,1-2H3. The second-order valence-corrected chi connectivity index (χ2v) is 7.20. The lowest BCUT2D eigenvalue weighted by Crippen LogP contribution is -2.30. The topological polar surface area (TPSA) is 20.3 Å². The van der Waals surface area contributed by atoms with Crippen molar-refractivity contribution in [1.82, 2.24) is 4.90 Å². The number of benzene rings is 1. The summed E-state index contributed by atoms with van der Waals surface area (Å²) < 4.78 is 0. The Balaban J connectivity index is 1.54. The van der Waals surface area contributed by atoms with E-state index in [4.69, 9.17) is 0 Å².